The highest BCUT2D eigenvalue weighted by Crippen LogP contribution is 2.23. The molecule has 2 aromatic rings. The summed E-state index contributed by atoms with van der Waals surface area (Å²) in [5.41, 5.74) is 0.227. The lowest BCUT2D eigenvalue weighted by atomic mass is 9.93. The maximum Gasteiger partial charge on any atom is 0.410 e. The van der Waals surface area contributed by atoms with E-state index in [1.807, 2.05) is 32.9 Å². The van der Waals surface area contributed by atoms with Crippen molar-refractivity contribution in [2.24, 2.45) is 5.92 Å². The Balaban J connectivity index is 1.20. The van der Waals surface area contributed by atoms with E-state index in [4.69, 9.17) is 4.74 Å². The molecule has 2 saturated heterocycles. The minimum absolute atomic E-state index is 0.0878. The van der Waals surface area contributed by atoms with Crippen LogP contribution in [0, 0.1) is 5.92 Å². The van der Waals surface area contributed by atoms with Gasteiger partial charge in [0.05, 0.1) is 0 Å². The number of hydrogen-bond donors (Lipinski definition) is 1. The number of nitrogens with one attached hydrogen (secondary N) is 1. The zero-order valence-electron chi connectivity index (χ0n) is 18.5. The summed E-state index contributed by atoms with van der Waals surface area (Å²) in [5, 5.41) is 15.5. The summed E-state index contributed by atoms with van der Waals surface area (Å²) >= 11 is 0. The molecular formula is C21H31N7O3. The number of hydrogen-bond acceptors (Lipinski definition) is 7. The van der Waals surface area contributed by atoms with Gasteiger partial charge in [0.1, 0.15) is 17.7 Å². The van der Waals surface area contributed by atoms with Crippen molar-refractivity contribution in [3.63, 3.8) is 0 Å². The van der Waals surface area contributed by atoms with Crippen molar-refractivity contribution in [3.05, 3.63) is 18.5 Å². The molecule has 2 fully saturated rings. The van der Waals surface area contributed by atoms with Crippen LogP contribution in [-0.4, -0.2) is 74.5 Å². The van der Waals surface area contributed by atoms with E-state index in [9.17, 15) is 9.59 Å². The largest absolute Gasteiger partial charge is 0.444 e. The van der Waals surface area contributed by atoms with Gasteiger partial charge < -0.3 is 19.9 Å². The predicted molar refractivity (Wildman–Crippen MR) is 115 cm³/mol. The van der Waals surface area contributed by atoms with Gasteiger partial charge in [-0.2, -0.15) is 4.52 Å². The number of carbonyl (C=O) groups is 2. The summed E-state index contributed by atoms with van der Waals surface area (Å²) < 4.78 is 7.09. The lowest BCUT2D eigenvalue weighted by Crippen LogP contribution is -2.43. The van der Waals surface area contributed by atoms with E-state index >= 15 is 0 Å². The van der Waals surface area contributed by atoms with Gasteiger partial charge in [0.15, 0.2) is 5.65 Å². The number of carbonyl (C=O) groups excluding carboxylic acids is 2. The topological polar surface area (TPSA) is 105 Å². The molecule has 0 saturated carbocycles. The smallest absolute Gasteiger partial charge is 0.410 e. The third-order valence-corrected chi connectivity index (χ3v) is 5.77. The van der Waals surface area contributed by atoms with Crippen LogP contribution in [0.25, 0.3) is 5.65 Å². The normalized spacial score (nSPS) is 20.3. The van der Waals surface area contributed by atoms with Crippen molar-refractivity contribution in [3.8, 4) is 0 Å². The molecule has 4 heterocycles. The Bertz CT molecular complexity index is 930. The number of piperidine rings is 1. The molecule has 168 valence electrons. The number of ether oxygens (including phenoxy) is 1. The first-order valence-electron chi connectivity index (χ1n) is 11.0. The van der Waals surface area contributed by atoms with Gasteiger partial charge in [0.2, 0.25) is 5.91 Å². The molecule has 2 aliphatic rings. The second kappa shape index (κ2) is 8.68. The Morgan fingerprint density at radius 3 is 2.68 bits per heavy atom. The molecule has 10 nitrogen and oxygen atoms in total. The number of amides is 2. The highest BCUT2D eigenvalue weighted by atomic mass is 16.6. The van der Waals surface area contributed by atoms with Gasteiger partial charge in [-0.3, -0.25) is 4.79 Å². The van der Waals surface area contributed by atoms with Crippen LogP contribution in [0.15, 0.2) is 18.5 Å². The van der Waals surface area contributed by atoms with Crippen molar-refractivity contribution >= 4 is 23.5 Å². The molecule has 1 atom stereocenters. The monoisotopic (exact) mass is 429 g/mol. The first-order chi connectivity index (χ1) is 14.8. The third kappa shape index (κ3) is 5.42. The quantitative estimate of drug-likeness (QED) is 0.791. The minimum Gasteiger partial charge on any atom is -0.444 e. The second-order valence-electron chi connectivity index (χ2n) is 9.44. The average Bonchev–Trinajstić information content (AvgIpc) is 3.35. The van der Waals surface area contributed by atoms with Crippen molar-refractivity contribution < 1.29 is 14.3 Å². The lowest BCUT2D eigenvalue weighted by Gasteiger charge is -2.33. The molecule has 2 aromatic heterocycles. The SMILES string of the molecule is CC(C)(C)OC(=O)N1CCC(CC(=O)N[C@@H]2CCN(c3ccc4nncn4n3)C2)CC1. The predicted octanol–water partition coefficient (Wildman–Crippen LogP) is 1.86. The molecule has 2 amide bonds. The summed E-state index contributed by atoms with van der Waals surface area (Å²) in [6, 6.07) is 3.95. The fourth-order valence-electron chi connectivity index (χ4n) is 4.17. The fourth-order valence-corrected chi connectivity index (χ4v) is 4.17. The van der Waals surface area contributed by atoms with Gasteiger partial charge in [-0.1, -0.05) is 0 Å². The summed E-state index contributed by atoms with van der Waals surface area (Å²) in [4.78, 5) is 28.7. The van der Waals surface area contributed by atoms with E-state index in [1.165, 1.54) is 0 Å². The maximum absolute atomic E-state index is 12.6. The van der Waals surface area contributed by atoms with Crippen LogP contribution in [0.2, 0.25) is 0 Å². The molecular weight excluding hydrogens is 398 g/mol. The number of aromatic nitrogens is 4. The minimum atomic E-state index is -0.486. The van der Waals surface area contributed by atoms with Crippen molar-refractivity contribution in [2.75, 3.05) is 31.1 Å². The van der Waals surface area contributed by atoms with Crippen LogP contribution in [-0.2, 0) is 9.53 Å². The van der Waals surface area contributed by atoms with Crippen molar-refractivity contribution in [1.29, 1.82) is 0 Å². The summed E-state index contributed by atoms with van der Waals surface area (Å²) in [6.45, 7) is 8.48. The Morgan fingerprint density at radius 1 is 1.16 bits per heavy atom. The summed E-state index contributed by atoms with van der Waals surface area (Å²) in [6.07, 6.45) is 4.37. The van der Waals surface area contributed by atoms with Crippen LogP contribution in [0.5, 0.6) is 0 Å². The Kier molecular flexibility index (Phi) is 5.97. The molecule has 1 N–H and O–H groups in total. The van der Waals surface area contributed by atoms with Crippen molar-refractivity contribution in [2.45, 2.75) is 58.1 Å². The summed E-state index contributed by atoms with van der Waals surface area (Å²) in [5.74, 6) is 1.25. The fraction of sp³-hybridized carbons (Fsp3) is 0.667. The van der Waals surface area contributed by atoms with E-state index in [0.717, 1.165) is 38.2 Å². The second-order valence-corrected chi connectivity index (χ2v) is 9.44. The number of anilines is 1. The average molecular weight is 430 g/mol. The molecule has 2 aliphatic heterocycles. The van der Waals surface area contributed by atoms with E-state index in [0.29, 0.717) is 31.1 Å². The maximum atomic E-state index is 12.6. The number of rotatable bonds is 4. The van der Waals surface area contributed by atoms with E-state index < -0.39 is 5.60 Å². The molecule has 0 aromatic carbocycles. The zero-order valence-corrected chi connectivity index (χ0v) is 18.5. The Hall–Kier alpha value is -2.91. The molecule has 0 aliphatic carbocycles. The van der Waals surface area contributed by atoms with Gasteiger partial charge in [-0.25, -0.2) is 4.79 Å². The lowest BCUT2D eigenvalue weighted by molar-refractivity contribution is -0.122. The van der Waals surface area contributed by atoms with Crippen LogP contribution < -0.4 is 10.2 Å². The highest BCUT2D eigenvalue weighted by molar-refractivity contribution is 5.76. The molecule has 10 heteroatoms. The first-order valence-corrected chi connectivity index (χ1v) is 11.0. The molecule has 4 rings (SSSR count). The van der Waals surface area contributed by atoms with Crippen LogP contribution in [0.1, 0.15) is 46.5 Å². The molecule has 0 spiro atoms. The van der Waals surface area contributed by atoms with Gasteiger partial charge in [-0.15, -0.1) is 15.3 Å². The molecule has 0 unspecified atom stereocenters. The van der Waals surface area contributed by atoms with Crippen LogP contribution in [0.3, 0.4) is 0 Å². The number of nitrogens with zero attached hydrogens (tertiary/aromatic N) is 6. The number of likely N-dealkylation sites (tertiary alicyclic amines) is 1. The summed E-state index contributed by atoms with van der Waals surface area (Å²) in [7, 11) is 0. The highest BCUT2D eigenvalue weighted by Gasteiger charge is 2.29. The first kappa shape index (κ1) is 21.3. The number of fused-ring (bicyclic) bond motifs is 1. The van der Waals surface area contributed by atoms with Crippen molar-refractivity contribution in [1.82, 2.24) is 30.0 Å². The standard InChI is InChI=1S/C21H31N7O3/c1-21(2,3)31-20(30)26-9-6-15(7-10-26)12-19(29)23-16-8-11-27(13-16)18-5-4-17-24-22-14-28(17)25-18/h4-5,14-16H,6-13H2,1-3H3,(H,23,29)/t16-/m1/s1. The third-order valence-electron chi connectivity index (χ3n) is 5.77. The van der Waals surface area contributed by atoms with Gasteiger partial charge in [-0.05, 0) is 58.1 Å². The van der Waals surface area contributed by atoms with Gasteiger partial charge >= 0.3 is 6.09 Å². The zero-order chi connectivity index (χ0) is 22.0. The molecule has 0 bridgehead atoms. The Morgan fingerprint density at radius 2 is 1.94 bits per heavy atom. The van der Waals surface area contributed by atoms with Gasteiger partial charge in [0.25, 0.3) is 0 Å². The van der Waals surface area contributed by atoms with Gasteiger partial charge in [0, 0.05) is 38.6 Å². The van der Waals surface area contributed by atoms with E-state index in [-0.39, 0.29) is 18.0 Å². The molecule has 31 heavy (non-hydrogen) atoms. The van der Waals surface area contributed by atoms with E-state index in [2.05, 4.69) is 25.5 Å². The van der Waals surface area contributed by atoms with Crippen LogP contribution in [0.4, 0.5) is 10.6 Å². The Labute approximate surface area is 181 Å². The molecule has 0 radical (unpaired) electrons. The van der Waals surface area contributed by atoms with Crippen LogP contribution >= 0.6 is 0 Å². The van der Waals surface area contributed by atoms with E-state index in [1.54, 1.807) is 15.7 Å².